The topological polar surface area (TPSA) is 78.5 Å². The fraction of sp³-hybridized carbons (Fsp3) is 0.643. The van der Waals surface area contributed by atoms with E-state index in [1.807, 2.05) is 11.8 Å². The second kappa shape index (κ2) is 6.51. The molecule has 7 heteroatoms. The molecule has 2 aromatic heterocycles. The Morgan fingerprint density at radius 1 is 1.38 bits per heavy atom. The number of aromatic nitrogens is 4. The summed E-state index contributed by atoms with van der Waals surface area (Å²) < 4.78 is 0. The van der Waals surface area contributed by atoms with Crippen molar-refractivity contribution in [2.75, 3.05) is 23.4 Å². The lowest BCUT2D eigenvalue weighted by Gasteiger charge is -2.20. The number of fused-ring (bicyclic) bond motifs is 1. The van der Waals surface area contributed by atoms with Gasteiger partial charge in [0, 0.05) is 17.8 Å². The lowest BCUT2D eigenvalue weighted by molar-refractivity contribution is 0.764. The van der Waals surface area contributed by atoms with Crippen LogP contribution in [-0.4, -0.2) is 44.0 Å². The van der Waals surface area contributed by atoms with Gasteiger partial charge in [-0.25, -0.2) is 4.98 Å². The molecule has 1 aliphatic rings. The Hall–Kier alpha value is -1.50. The van der Waals surface area contributed by atoms with Gasteiger partial charge in [0.1, 0.15) is 5.52 Å². The smallest absolute Gasteiger partial charge is 0.226 e. The standard InChI is InChI=1S/C14H22N6S/c1-3-7-15-14-19-12-11(16-8-17-12)13(20-14)18-9-5-4-6-10(9)21-2/h8-10H,3-7H2,1-2H3,(H3,15,16,17,18,19,20). The van der Waals surface area contributed by atoms with Gasteiger partial charge in [0.25, 0.3) is 0 Å². The predicted molar refractivity (Wildman–Crippen MR) is 89.0 cm³/mol. The zero-order chi connectivity index (χ0) is 14.7. The third kappa shape index (κ3) is 3.07. The van der Waals surface area contributed by atoms with Crippen LogP contribution in [0.5, 0.6) is 0 Å². The van der Waals surface area contributed by atoms with Crippen LogP contribution < -0.4 is 10.6 Å². The molecule has 2 unspecified atom stereocenters. The molecule has 3 rings (SSSR count). The summed E-state index contributed by atoms with van der Waals surface area (Å²) in [6.07, 6.45) is 8.66. The Balaban J connectivity index is 1.87. The van der Waals surface area contributed by atoms with Crippen LogP contribution in [0.15, 0.2) is 6.33 Å². The minimum atomic E-state index is 0.473. The number of hydrogen-bond acceptors (Lipinski definition) is 6. The van der Waals surface area contributed by atoms with E-state index in [0.717, 1.165) is 24.3 Å². The van der Waals surface area contributed by atoms with E-state index < -0.39 is 0 Å². The summed E-state index contributed by atoms with van der Waals surface area (Å²) in [5, 5.41) is 7.51. The van der Waals surface area contributed by atoms with Crippen molar-refractivity contribution in [2.24, 2.45) is 0 Å². The average Bonchev–Trinajstić information content (AvgIpc) is 3.13. The highest BCUT2D eigenvalue weighted by Gasteiger charge is 2.27. The highest BCUT2D eigenvalue weighted by Crippen LogP contribution is 2.31. The molecule has 1 fully saturated rings. The SMILES string of the molecule is CCCNc1nc(NC2CCCC2SC)c2[nH]cnc2n1. The maximum Gasteiger partial charge on any atom is 0.226 e. The monoisotopic (exact) mass is 306 g/mol. The average molecular weight is 306 g/mol. The van der Waals surface area contributed by atoms with Crippen LogP contribution in [0.2, 0.25) is 0 Å². The van der Waals surface area contributed by atoms with Crippen LogP contribution in [0.25, 0.3) is 11.2 Å². The van der Waals surface area contributed by atoms with E-state index in [0.29, 0.717) is 22.9 Å². The van der Waals surface area contributed by atoms with E-state index in [2.05, 4.69) is 43.7 Å². The Labute approximate surface area is 128 Å². The molecule has 1 saturated carbocycles. The molecular formula is C14H22N6S. The fourth-order valence-electron chi connectivity index (χ4n) is 2.80. The van der Waals surface area contributed by atoms with Crippen LogP contribution in [0.1, 0.15) is 32.6 Å². The summed E-state index contributed by atoms with van der Waals surface area (Å²) in [6.45, 7) is 2.99. The number of nitrogens with zero attached hydrogens (tertiary/aromatic N) is 3. The molecule has 0 bridgehead atoms. The Kier molecular flexibility index (Phi) is 4.48. The van der Waals surface area contributed by atoms with Crippen molar-refractivity contribution < 1.29 is 0 Å². The van der Waals surface area contributed by atoms with Gasteiger partial charge in [-0.1, -0.05) is 13.3 Å². The third-order valence-electron chi connectivity index (χ3n) is 3.90. The van der Waals surface area contributed by atoms with Crippen LogP contribution in [0, 0.1) is 0 Å². The van der Waals surface area contributed by atoms with Gasteiger partial charge in [-0.05, 0) is 25.5 Å². The van der Waals surface area contributed by atoms with E-state index in [1.54, 1.807) is 6.33 Å². The number of H-pyrrole nitrogens is 1. The number of imidazole rings is 1. The third-order valence-corrected chi connectivity index (χ3v) is 5.07. The first-order valence-electron chi connectivity index (χ1n) is 7.56. The first kappa shape index (κ1) is 14.4. The van der Waals surface area contributed by atoms with E-state index in [4.69, 9.17) is 0 Å². The number of aromatic amines is 1. The Morgan fingerprint density at radius 3 is 3.10 bits per heavy atom. The van der Waals surface area contributed by atoms with Crippen LogP contribution in [-0.2, 0) is 0 Å². The van der Waals surface area contributed by atoms with Gasteiger partial charge in [-0.2, -0.15) is 21.7 Å². The van der Waals surface area contributed by atoms with E-state index >= 15 is 0 Å². The van der Waals surface area contributed by atoms with E-state index in [9.17, 15) is 0 Å². The van der Waals surface area contributed by atoms with Gasteiger partial charge in [0.15, 0.2) is 11.5 Å². The number of thioether (sulfide) groups is 1. The second-order valence-corrected chi connectivity index (χ2v) is 6.46. The van der Waals surface area contributed by atoms with Gasteiger partial charge in [0.2, 0.25) is 5.95 Å². The van der Waals surface area contributed by atoms with Gasteiger partial charge in [-0.3, -0.25) is 0 Å². The van der Waals surface area contributed by atoms with Gasteiger partial charge in [-0.15, -0.1) is 0 Å². The quantitative estimate of drug-likeness (QED) is 0.761. The number of anilines is 2. The predicted octanol–water partition coefficient (Wildman–Crippen LogP) is 2.87. The molecular weight excluding hydrogens is 284 g/mol. The summed E-state index contributed by atoms with van der Waals surface area (Å²) >= 11 is 1.94. The molecule has 2 aromatic rings. The van der Waals surface area contributed by atoms with E-state index in [1.165, 1.54) is 19.3 Å². The fourth-order valence-corrected chi connectivity index (χ4v) is 3.74. The lowest BCUT2D eigenvalue weighted by Crippen LogP contribution is -2.26. The molecule has 114 valence electrons. The molecule has 2 heterocycles. The molecule has 3 N–H and O–H groups in total. The summed E-state index contributed by atoms with van der Waals surface area (Å²) in [5.74, 6) is 1.51. The first-order valence-corrected chi connectivity index (χ1v) is 8.85. The number of rotatable bonds is 6. The number of nitrogens with one attached hydrogen (secondary N) is 3. The largest absolute Gasteiger partial charge is 0.364 e. The first-order chi connectivity index (χ1) is 10.3. The molecule has 0 radical (unpaired) electrons. The van der Waals surface area contributed by atoms with Gasteiger partial charge in [0.05, 0.1) is 6.33 Å². The van der Waals surface area contributed by atoms with Crippen molar-refractivity contribution in [3.05, 3.63) is 6.33 Å². The molecule has 0 saturated heterocycles. The lowest BCUT2D eigenvalue weighted by atomic mass is 10.2. The molecule has 21 heavy (non-hydrogen) atoms. The Bertz CT molecular complexity index is 598. The minimum Gasteiger partial charge on any atom is -0.364 e. The van der Waals surface area contributed by atoms with Crippen molar-refractivity contribution in [2.45, 2.75) is 43.9 Å². The zero-order valence-electron chi connectivity index (χ0n) is 12.5. The molecule has 0 amide bonds. The van der Waals surface area contributed by atoms with E-state index in [-0.39, 0.29) is 0 Å². The normalized spacial score (nSPS) is 21.8. The minimum absolute atomic E-state index is 0.473. The summed E-state index contributed by atoms with van der Waals surface area (Å²) in [5.41, 5.74) is 1.61. The van der Waals surface area contributed by atoms with Crippen LogP contribution in [0.3, 0.4) is 0 Å². The summed E-state index contributed by atoms with van der Waals surface area (Å²) in [7, 11) is 0. The number of hydrogen-bond donors (Lipinski definition) is 3. The Morgan fingerprint density at radius 2 is 2.29 bits per heavy atom. The van der Waals surface area contributed by atoms with Crippen LogP contribution in [0.4, 0.5) is 11.8 Å². The van der Waals surface area contributed by atoms with Crippen molar-refractivity contribution in [3.63, 3.8) is 0 Å². The summed E-state index contributed by atoms with van der Waals surface area (Å²) in [6, 6.07) is 0.473. The van der Waals surface area contributed by atoms with Crippen molar-refractivity contribution >= 4 is 34.7 Å². The van der Waals surface area contributed by atoms with Gasteiger partial charge < -0.3 is 15.6 Å². The summed E-state index contributed by atoms with van der Waals surface area (Å²) in [4.78, 5) is 16.5. The maximum atomic E-state index is 4.63. The zero-order valence-corrected chi connectivity index (χ0v) is 13.3. The second-order valence-electron chi connectivity index (χ2n) is 5.38. The van der Waals surface area contributed by atoms with Gasteiger partial charge >= 0.3 is 0 Å². The molecule has 0 aromatic carbocycles. The maximum absolute atomic E-state index is 4.63. The highest BCUT2D eigenvalue weighted by molar-refractivity contribution is 7.99. The highest BCUT2D eigenvalue weighted by atomic mass is 32.2. The molecule has 0 spiro atoms. The molecule has 1 aliphatic carbocycles. The molecule has 2 atom stereocenters. The van der Waals surface area contributed by atoms with Crippen molar-refractivity contribution in [3.8, 4) is 0 Å². The van der Waals surface area contributed by atoms with Crippen molar-refractivity contribution in [1.29, 1.82) is 0 Å². The van der Waals surface area contributed by atoms with Crippen LogP contribution >= 0.6 is 11.8 Å². The van der Waals surface area contributed by atoms with Crippen molar-refractivity contribution in [1.82, 2.24) is 19.9 Å². The molecule has 0 aliphatic heterocycles. The molecule has 6 nitrogen and oxygen atoms in total.